The summed E-state index contributed by atoms with van der Waals surface area (Å²) in [6.07, 6.45) is 8.75. The van der Waals surface area contributed by atoms with Crippen molar-refractivity contribution in [3.63, 3.8) is 0 Å². The number of aromatic nitrogens is 2. The lowest BCUT2D eigenvalue weighted by atomic mass is 9.91. The van der Waals surface area contributed by atoms with Crippen LogP contribution in [0.3, 0.4) is 0 Å². The molecule has 0 radical (unpaired) electrons. The monoisotopic (exact) mass is 265 g/mol. The number of likely N-dealkylation sites (N-methyl/N-ethyl adjacent to an activating group) is 1. The van der Waals surface area contributed by atoms with Crippen molar-refractivity contribution in [2.24, 2.45) is 0 Å². The molecular weight excluding hydrogens is 238 g/mol. The summed E-state index contributed by atoms with van der Waals surface area (Å²) in [5.74, 6) is 1.12. The average molecular weight is 265 g/mol. The maximum atomic E-state index is 6.21. The number of imidazole rings is 1. The highest BCUT2D eigenvalue weighted by Crippen LogP contribution is 2.42. The minimum Gasteiger partial charge on any atom is -0.373 e. The van der Waals surface area contributed by atoms with Crippen LogP contribution in [0.4, 0.5) is 0 Å². The second-order valence-corrected chi connectivity index (χ2v) is 5.27. The summed E-state index contributed by atoms with van der Waals surface area (Å²) in [7, 11) is 0. The highest BCUT2D eigenvalue weighted by molar-refractivity contribution is 5.10. The molecule has 1 N–H and O–H groups in total. The first-order chi connectivity index (χ1) is 9.27. The third-order valence-corrected chi connectivity index (χ3v) is 4.16. The molecule has 2 rings (SSSR count). The van der Waals surface area contributed by atoms with Gasteiger partial charge in [0.05, 0.1) is 11.6 Å². The SMILES string of the molecule is CCNC(c1nccn1CC)C1(OCC)CCCC1. The van der Waals surface area contributed by atoms with Crippen LogP contribution in [0.1, 0.15) is 58.3 Å². The molecule has 1 fully saturated rings. The summed E-state index contributed by atoms with van der Waals surface area (Å²) in [6.45, 7) is 9.08. The van der Waals surface area contributed by atoms with Gasteiger partial charge in [0, 0.05) is 25.5 Å². The molecule has 1 unspecified atom stereocenters. The van der Waals surface area contributed by atoms with Gasteiger partial charge in [-0.15, -0.1) is 0 Å². The Morgan fingerprint density at radius 3 is 2.68 bits per heavy atom. The zero-order valence-corrected chi connectivity index (χ0v) is 12.5. The molecule has 1 aromatic heterocycles. The number of rotatable bonds is 7. The van der Waals surface area contributed by atoms with Crippen LogP contribution in [0.25, 0.3) is 0 Å². The molecule has 0 aliphatic heterocycles. The molecule has 1 aromatic rings. The van der Waals surface area contributed by atoms with Crippen molar-refractivity contribution in [2.75, 3.05) is 13.2 Å². The molecular formula is C15H27N3O. The smallest absolute Gasteiger partial charge is 0.128 e. The van der Waals surface area contributed by atoms with E-state index < -0.39 is 0 Å². The quantitative estimate of drug-likeness (QED) is 0.824. The van der Waals surface area contributed by atoms with Gasteiger partial charge in [0.2, 0.25) is 0 Å². The molecule has 19 heavy (non-hydrogen) atoms. The second kappa shape index (κ2) is 6.53. The summed E-state index contributed by atoms with van der Waals surface area (Å²) in [5.41, 5.74) is -0.0664. The van der Waals surface area contributed by atoms with Gasteiger partial charge in [-0.05, 0) is 33.2 Å². The van der Waals surface area contributed by atoms with E-state index in [2.05, 4.69) is 41.8 Å². The Bertz CT molecular complexity index is 382. The van der Waals surface area contributed by atoms with Crippen molar-refractivity contribution in [1.29, 1.82) is 0 Å². The van der Waals surface area contributed by atoms with Crippen LogP contribution in [0.2, 0.25) is 0 Å². The van der Waals surface area contributed by atoms with E-state index in [1.165, 1.54) is 12.8 Å². The molecule has 1 aliphatic rings. The number of nitrogens with one attached hydrogen (secondary N) is 1. The third-order valence-electron chi connectivity index (χ3n) is 4.16. The lowest BCUT2D eigenvalue weighted by molar-refractivity contribution is -0.0649. The Balaban J connectivity index is 2.32. The minimum atomic E-state index is -0.0664. The van der Waals surface area contributed by atoms with Crippen molar-refractivity contribution in [1.82, 2.24) is 14.9 Å². The van der Waals surface area contributed by atoms with E-state index in [-0.39, 0.29) is 11.6 Å². The number of ether oxygens (including phenoxy) is 1. The van der Waals surface area contributed by atoms with E-state index in [4.69, 9.17) is 4.74 Å². The molecule has 1 saturated carbocycles. The van der Waals surface area contributed by atoms with Gasteiger partial charge in [0.15, 0.2) is 0 Å². The topological polar surface area (TPSA) is 39.1 Å². The number of hydrogen-bond acceptors (Lipinski definition) is 3. The molecule has 4 nitrogen and oxygen atoms in total. The minimum absolute atomic E-state index is 0.0664. The van der Waals surface area contributed by atoms with E-state index in [9.17, 15) is 0 Å². The Morgan fingerprint density at radius 2 is 2.11 bits per heavy atom. The van der Waals surface area contributed by atoms with Crippen molar-refractivity contribution in [3.8, 4) is 0 Å². The molecule has 0 spiro atoms. The molecule has 4 heteroatoms. The van der Waals surface area contributed by atoms with E-state index >= 15 is 0 Å². The Morgan fingerprint density at radius 1 is 1.37 bits per heavy atom. The summed E-state index contributed by atoms with van der Waals surface area (Å²) in [5, 5.41) is 3.62. The van der Waals surface area contributed by atoms with Gasteiger partial charge in [-0.3, -0.25) is 0 Å². The highest BCUT2D eigenvalue weighted by Gasteiger charge is 2.44. The van der Waals surface area contributed by atoms with Gasteiger partial charge in [-0.1, -0.05) is 19.8 Å². The zero-order valence-electron chi connectivity index (χ0n) is 12.5. The van der Waals surface area contributed by atoms with Crippen LogP contribution >= 0.6 is 0 Å². The number of nitrogens with zero attached hydrogens (tertiary/aromatic N) is 2. The predicted molar refractivity (Wildman–Crippen MR) is 77.1 cm³/mol. The van der Waals surface area contributed by atoms with Crippen molar-refractivity contribution in [2.45, 2.75) is 64.6 Å². The fourth-order valence-corrected chi connectivity index (χ4v) is 3.34. The van der Waals surface area contributed by atoms with Gasteiger partial charge in [-0.25, -0.2) is 4.98 Å². The summed E-state index contributed by atoms with van der Waals surface area (Å²) >= 11 is 0. The molecule has 0 bridgehead atoms. The summed E-state index contributed by atoms with van der Waals surface area (Å²) in [4.78, 5) is 4.60. The standard InChI is InChI=1S/C15H27N3O/c1-4-16-13(14-17-11-12-18(14)5-2)15(19-6-3)9-7-8-10-15/h11-13,16H,4-10H2,1-3H3. The normalized spacial score (nSPS) is 19.7. The first-order valence-electron chi connectivity index (χ1n) is 7.65. The van der Waals surface area contributed by atoms with E-state index in [1.807, 2.05) is 6.20 Å². The van der Waals surface area contributed by atoms with Gasteiger partial charge < -0.3 is 14.6 Å². The van der Waals surface area contributed by atoms with Gasteiger partial charge in [0.1, 0.15) is 5.82 Å². The lowest BCUT2D eigenvalue weighted by Crippen LogP contribution is -2.45. The fourth-order valence-electron chi connectivity index (χ4n) is 3.34. The van der Waals surface area contributed by atoms with Crippen LogP contribution < -0.4 is 5.32 Å². The van der Waals surface area contributed by atoms with Crippen molar-refractivity contribution < 1.29 is 4.74 Å². The first kappa shape index (κ1) is 14.5. The maximum absolute atomic E-state index is 6.21. The van der Waals surface area contributed by atoms with Gasteiger partial charge in [0.25, 0.3) is 0 Å². The largest absolute Gasteiger partial charge is 0.373 e. The second-order valence-electron chi connectivity index (χ2n) is 5.27. The van der Waals surface area contributed by atoms with E-state index in [1.54, 1.807) is 0 Å². The summed E-state index contributed by atoms with van der Waals surface area (Å²) in [6, 6.07) is 0.204. The maximum Gasteiger partial charge on any atom is 0.128 e. The van der Waals surface area contributed by atoms with Gasteiger partial charge in [-0.2, -0.15) is 0 Å². The molecule has 1 heterocycles. The van der Waals surface area contributed by atoms with Crippen molar-refractivity contribution in [3.05, 3.63) is 18.2 Å². The molecule has 1 atom stereocenters. The van der Waals surface area contributed by atoms with E-state index in [0.717, 1.165) is 38.4 Å². The lowest BCUT2D eigenvalue weighted by Gasteiger charge is -2.37. The first-order valence-corrected chi connectivity index (χ1v) is 7.65. The van der Waals surface area contributed by atoms with E-state index in [0.29, 0.717) is 0 Å². The zero-order chi connectivity index (χ0) is 13.7. The molecule has 0 amide bonds. The van der Waals surface area contributed by atoms with Gasteiger partial charge >= 0.3 is 0 Å². The molecule has 0 saturated heterocycles. The molecule has 0 aromatic carbocycles. The third kappa shape index (κ3) is 2.84. The molecule has 1 aliphatic carbocycles. The van der Waals surface area contributed by atoms with Crippen LogP contribution in [-0.2, 0) is 11.3 Å². The Kier molecular flexibility index (Phi) is 4.99. The average Bonchev–Trinajstić information content (AvgIpc) is 3.05. The fraction of sp³-hybridized carbons (Fsp3) is 0.800. The summed E-state index contributed by atoms with van der Waals surface area (Å²) < 4.78 is 8.44. The Labute approximate surface area is 116 Å². The number of hydrogen-bond donors (Lipinski definition) is 1. The van der Waals surface area contributed by atoms with Crippen LogP contribution in [0, 0.1) is 0 Å². The molecule has 108 valence electrons. The predicted octanol–water partition coefficient (Wildman–Crippen LogP) is 2.90. The van der Waals surface area contributed by atoms with Crippen LogP contribution in [0.15, 0.2) is 12.4 Å². The van der Waals surface area contributed by atoms with Crippen molar-refractivity contribution >= 4 is 0 Å². The van der Waals surface area contributed by atoms with Crippen LogP contribution in [-0.4, -0.2) is 28.3 Å². The van der Waals surface area contributed by atoms with Crippen LogP contribution in [0.5, 0.6) is 0 Å². The highest BCUT2D eigenvalue weighted by atomic mass is 16.5. The number of aryl methyl sites for hydroxylation is 1. The Hall–Kier alpha value is -0.870.